The van der Waals surface area contributed by atoms with Gasteiger partial charge in [0.25, 0.3) is 5.91 Å². The van der Waals surface area contributed by atoms with E-state index in [4.69, 9.17) is 0 Å². The second-order valence-corrected chi connectivity index (χ2v) is 6.30. The summed E-state index contributed by atoms with van der Waals surface area (Å²) in [6, 6.07) is 6.99. The van der Waals surface area contributed by atoms with Crippen LogP contribution in [-0.4, -0.2) is 54.6 Å². The maximum absolute atomic E-state index is 12.1. The Morgan fingerprint density at radius 1 is 1.33 bits per heavy atom. The highest BCUT2D eigenvalue weighted by Gasteiger charge is 2.42. The average molecular weight is 333 g/mol. The number of hydrogen-bond donors (Lipinski definition) is 3. The molecule has 1 aromatic carbocycles. The van der Waals surface area contributed by atoms with E-state index in [0.29, 0.717) is 31.5 Å². The van der Waals surface area contributed by atoms with Crippen molar-refractivity contribution in [2.24, 2.45) is 5.41 Å². The molecular formula is C17H23N3O4. The minimum atomic E-state index is -0.871. The fraction of sp³-hybridized carbons (Fsp3) is 0.471. The molecule has 1 fully saturated rings. The summed E-state index contributed by atoms with van der Waals surface area (Å²) in [6.07, 6.45) is 1.06. The van der Waals surface area contributed by atoms with Crippen molar-refractivity contribution in [1.29, 1.82) is 0 Å². The third kappa shape index (κ3) is 4.04. The zero-order chi connectivity index (χ0) is 17.7. The van der Waals surface area contributed by atoms with E-state index in [2.05, 4.69) is 10.6 Å². The third-order valence-corrected chi connectivity index (χ3v) is 4.38. The Morgan fingerprint density at radius 3 is 2.71 bits per heavy atom. The summed E-state index contributed by atoms with van der Waals surface area (Å²) in [5.74, 6) is -1.02. The summed E-state index contributed by atoms with van der Waals surface area (Å²) in [5.41, 5.74) is 0.672. The number of hydrogen-bond acceptors (Lipinski definition) is 3. The van der Waals surface area contributed by atoms with Gasteiger partial charge in [-0.1, -0.05) is 12.1 Å². The summed E-state index contributed by atoms with van der Waals surface area (Å²) in [7, 11) is 1.58. The molecule has 1 atom stereocenters. The highest BCUT2D eigenvalue weighted by molar-refractivity contribution is 5.94. The summed E-state index contributed by atoms with van der Waals surface area (Å²) >= 11 is 0. The van der Waals surface area contributed by atoms with Crippen LogP contribution in [0.5, 0.6) is 0 Å². The molecule has 1 aliphatic heterocycles. The molecule has 1 heterocycles. The van der Waals surface area contributed by atoms with Crippen LogP contribution in [0.3, 0.4) is 0 Å². The Labute approximate surface area is 141 Å². The van der Waals surface area contributed by atoms with Crippen molar-refractivity contribution >= 4 is 17.9 Å². The summed E-state index contributed by atoms with van der Waals surface area (Å²) in [4.78, 5) is 36.5. The molecule has 7 nitrogen and oxygen atoms in total. The van der Waals surface area contributed by atoms with Crippen LogP contribution in [0, 0.1) is 5.41 Å². The number of benzene rings is 1. The molecule has 0 aromatic heterocycles. The standard InChI is InChI=1S/C17H23N3O4/c1-17(15(22)23)7-9-20(11-17)16(24)19-8-6-12-4-3-5-13(10-12)14(21)18-2/h3-5,10H,6-9,11H2,1-2H3,(H,18,21)(H,19,24)(H,22,23). The van der Waals surface area contributed by atoms with E-state index in [-0.39, 0.29) is 18.5 Å². The second kappa shape index (κ2) is 7.33. The van der Waals surface area contributed by atoms with Gasteiger partial charge in [0.2, 0.25) is 0 Å². The number of aliphatic carboxylic acids is 1. The van der Waals surface area contributed by atoms with Gasteiger partial charge in [-0.05, 0) is 37.5 Å². The lowest BCUT2D eigenvalue weighted by Gasteiger charge is -2.20. The van der Waals surface area contributed by atoms with Gasteiger partial charge in [-0.3, -0.25) is 9.59 Å². The molecule has 0 saturated carbocycles. The maximum atomic E-state index is 12.1. The van der Waals surface area contributed by atoms with E-state index in [1.54, 1.807) is 32.2 Å². The first-order chi connectivity index (χ1) is 11.4. The van der Waals surface area contributed by atoms with Gasteiger partial charge < -0.3 is 20.6 Å². The van der Waals surface area contributed by atoms with E-state index in [1.807, 2.05) is 6.07 Å². The summed E-state index contributed by atoms with van der Waals surface area (Å²) in [5, 5.41) is 14.6. The van der Waals surface area contributed by atoms with Crippen LogP contribution in [0.4, 0.5) is 4.79 Å². The molecule has 0 radical (unpaired) electrons. The predicted molar refractivity (Wildman–Crippen MR) is 88.9 cm³/mol. The van der Waals surface area contributed by atoms with Crippen LogP contribution in [0.25, 0.3) is 0 Å². The van der Waals surface area contributed by atoms with Gasteiger partial charge in [0, 0.05) is 32.2 Å². The molecule has 0 aliphatic carbocycles. The van der Waals surface area contributed by atoms with Crippen molar-refractivity contribution in [2.45, 2.75) is 19.8 Å². The molecule has 7 heteroatoms. The number of rotatable bonds is 5. The van der Waals surface area contributed by atoms with Crippen molar-refractivity contribution in [2.75, 3.05) is 26.7 Å². The number of amides is 3. The first-order valence-corrected chi connectivity index (χ1v) is 7.93. The molecule has 1 aromatic rings. The molecule has 3 N–H and O–H groups in total. The smallest absolute Gasteiger partial charge is 0.317 e. The fourth-order valence-corrected chi connectivity index (χ4v) is 2.75. The summed E-state index contributed by atoms with van der Waals surface area (Å²) in [6.45, 7) is 2.75. The number of carbonyl (C=O) groups excluding carboxylic acids is 2. The molecule has 130 valence electrons. The topological polar surface area (TPSA) is 98.7 Å². The number of carbonyl (C=O) groups is 3. The maximum Gasteiger partial charge on any atom is 0.317 e. The zero-order valence-corrected chi connectivity index (χ0v) is 14.0. The Kier molecular flexibility index (Phi) is 5.43. The van der Waals surface area contributed by atoms with Crippen LogP contribution in [0.2, 0.25) is 0 Å². The molecule has 1 unspecified atom stereocenters. The number of urea groups is 1. The van der Waals surface area contributed by atoms with Gasteiger partial charge in [0.1, 0.15) is 0 Å². The molecule has 0 spiro atoms. The number of likely N-dealkylation sites (tertiary alicyclic amines) is 1. The minimum Gasteiger partial charge on any atom is -0.481 e. The van der Waals surface area contributed by atoms with Crippen LogP contribution in [0.1, 0.15) is 29.3 Å². The van der Waals surface area contributed by atoms with Crippen molar-refractivity contribution in [3.8, 4) is 0 Å². The lowest BCUT2D eigenvalue weighted by molar-refractivity contribution is -0.147. The fourth-order valence-electron chi connectivity index (χ4n) is 2.75. The third-order valence-electron chi connectivity index (χ3n) is 4.38. The molecule has 3 amide bonds. The van der Waals surface area contributed by atoms with E-state index in [1.165, 1.54) is 4.90 Å². The van der Waals surface area contributed by atoms with Crippen LogP contribution >= 0.6 is 0 Å². The highest BCUT2D eigenvalue weighted by Crippen LogP contribution is 2.29. The van der Waals surface area contributed by atoms with Gasteiger partial charge in [-0.15, -0.1) is 0 Å². The molecule has 1 saturated heterocycles. The van der Waals surface area contributed by atoms with Crippen LogP contribution in [-0.2, 0) is 11.2 Å². The predicted octanol–water partition coefficient (Wildman–Crippen LogP) is 1.09. The Bertz CT molecular complexity index is 646. The van der Waals surface area contributed by atoms with E-state index in [0.717, 1.165) is 5.56 Å². The number of carboxylic acids is 1. The SMILES string of the molecule is CNC(=O)c1cccc(CCNC(=O)N2CCC(C)(C(=O)O)C2)c1. The van der Waals surface area contributed by atoms with Crippen molar-refractivity contribution in [3.05, 3.63) is 35.4 Å². The zero-order valence-electron chi connectivity index (χ0n) is 14.0. The van der Waals surface area contributed by atoms with E-state index < -0.39 is 11.4 Å². The molecular weight excluding hydrogens is 310 g/mol. The lowest BCUT2D eigenvalue weighted by atomic mass is 9.90. The van der Waals surface area contributed by atoms with Gasteiger partial charge in [-0.2, -0.15) is 0 Å². The quantitative estimate of drug-likeness (QED) is 0.751. The molecule has 1 aliphatic rings. The Balaban J connectivity index is 1.83. The van der Waals surface area contributed by atoms with Gasteiger partial charge in [0.15, 0.2) is 0 Å². The number of nitrogens with zero attached hydrogens (tertiary/aromatic N) is 1. The lowest BCUT2D eigenvalue weighted by Crippen LogP contribution is -2.41. The largest absolute Gasteiger partial charge is 0.481 e. The minimum absolute atomic E-state index is 0.147. The van der Waals surface area contributed by atoms with Crippen LogP contribution < -0.4 is 10.6 Å². The first-order valence-electron chi connectivity index (χ1n) is 7.93. The second-order valence-electron chi connectivity index (χ2n) is 6.30. The number of nitrogens with one attached hydrogen (secondary N) is 2. The Morgan fingerprint density at radius 2 is 2.08 bits per heavy atom. The monoisotopic (exact) mass is 333 g/mol. The van der Waals surface area contributed by atoms with Gasteiger partial charge >= 0.3 is 12.0 Å². The van der Waals surface area contributed by atoms with E-state index in [9.17, 15) is 19.5 Å². The normalized spacial score (nSPS) is 19.8. The summed E-state index contributed by atoms with van der Waals surface area (Å²) < 4.78 is 0. The van der Waals surface area contributed by atoms with Crippen LogP contribution in [0.15, 0.2) is 24.3 Å². The van der Waals surface area contributed by atoms with Crippen molar-refractivity contribution < 1.29 is 19.5 Å². The van der Waals surface area contributed by atoms with Crippen molar-refractivity contribution in [3.63, 3.8) is 0 Å². The first kappa shape index (κ1) is 17.8. The van der Waals surface area contributed by atoms with E-state index >= 15 is 0 Å². The van der Waals surface area contributed by atoms with Crippen molar-refractivity contribution in [1.82, 2.24) is 15.5 Å². The number of carboxylic acid groups (broad SMARTS) is 1. The average Bonchev–Trinajstić information content (AvgIpc) is 2.98. The van der Waals surface area contributed by atoms with Gasteiger partial charge in [0.05, 0.1) is 5.41 Å². The van der Waals surface area contributed by atoms with Gasteiger partial charge in [-0.25, -0.2) is 4.79 Å². The Hall–Kier alpha value is -2.57. The molecule has 2 rings (SSSR count). The highest BCUT2D eigenvalue weighted by atomic mass is 16.4. The molecule has 0 bridgehead atoms. The molecule has 24 heavy (non-hydrogen) atoms.